The average Bonchev–Trinajstić information content (AvgIpc) is 3.69. The molecule has 0 atom stereocenters. The Kier molecular flexibility index (Phi) is 14.8. The normalized spacial score (nSPS) is 11.0. The van der Waals surface area contributed by atoms with Crippen LogP contribution in [-0.2, 0) is 38.1 Å². The van der Waals surface area contributed by atoms with Gasteiger partial charge in [-0.15, -0.1) is 63.5 Å². The molecule has 4 heteroatoms. The third-order valence-electron chi connectivity index (χ3n) is 8.02. The molecular weight excluding hydrogens is 695 g/mol. The number of fused-ring (bicyclic) bond motifs is 2. The first-order chi connectivity index (χ1) is 21.9. The van der Waals surface area contributed by atoms with Gasteiger partial charge in [-0.05, 0) is 39.5 Å². The molecule has 0 heterocycles. The van der Waals surface area contributed by atoms with Crippen LogP contribution in [0.3, 0.4) is 0 Å². The summed E-state index contributed by atoms with van der Waals surface area (Å²) in [5.74, 6) is 0. The molecule has 0 aromatic heterocycles. The Balaban J connectivity index is 0.000000215. The molecule has 0 aliphatic heterocycles. The van der Waals surface area contributed by atoms with Crippen LogP contribution in [0.1, 0.15) is 65.2 Å². The van der Waals surface area contributed by atoms with Crippen molar-refractivity contribution in [3.63, 3.8) is 0 Å². The third-order valence-corrected chi connectivity index (χ3v) is 8.02. The summed E-state index contributed by atoms with van der Waals surface area (Å²) < 4.78 is 0. The maximum absolute atomic E-state index is 4.93. The van der Waals surface area contributed by atoms with Crippen LogP contribution >= 0.6 is 17.0 Å². The van der Waals surface area contributed by atoms with Crippen LogP contribution in [0, 0.1) is 0 Å². The average molecular weight is 743 g/mol. The Morgan fingerprint density at radius 1 is 0.630 bits per heavy atom. The summed E-state index contributed by atoms with van der Waals surface area (Å²) >= 11 is -0.826. The van der Waals surface area contributed by atoms with Gasteiger partial charge in [0.05, 0.1) is 0 Å². The standard InChI is InChI=1S/C21H23.C19H19.C2H6Si.2ClH.Zr/c1-5-15-13-17-7-6-8-19(20(17)14-15)16-9-11-18(12-10-16)21(2,3)4;1-19(2,3)16-12-10-15(11-13-16)18-9-5-7-14-6-4-8-17(14)18;1-3-2;;;/h6-14H,5H2,1-4H3;4-13H,1-3H3;1-2H3;2*1H;/q2*-1;;;;+4/p-2. The van der Waals surface area contributed by atoms with E-state index in [0.29, 0.717) is 0 Å². The van der Waals surface area contributed by atoms with Gasteiger partial charge in [-0.3, -0.25) is 0 Å². The molecule has 2 radical (unpaired) electrons. The molecule has 46 heavy (non-hydrogen) atoms. The van der Waals surface area contributed by atoms with E-state index in [9.17, 15) is 0 Å². The number of halogens is 2. The Bertz CT molecular complexity index is 1760. The quantitative estimate of drug-likeness (QED) is 0.125. The topological polar surface area (TPSA) is 0 Å². The van der Waals surface area contributed by atoms with Crippen LogP contribution in [0.2, 0.25) is 13.1 Å². The second kappa shape index (κ2) is 17.8. The predicted octanol–water partition coefficient (Wildman–Crippen LogP) is 13.8. The second-order valence-corrected chi connectivity index (χ2v) is 18.3. The van der Waals surface area contributed by atoms with Gasteiger partial charge in [-0.2, -0.15) is 18.2 Å². The fourth-order valence-electron chi connectivity index (χ4n) is 5.47. The van der Waals surface area contributed by atoms with Gasteiger partial charge in [0.2, 0.25) is 0 Å². The van der Waals surface area contributed by atoms with Gasteiger partial charge in [0.25, 0.3) is 0 Å². The molecule has 6 aromatic rings. The van der Waals surface area contributed by atoms with Crippen LogP contribution < -0.4 is 0 Å². The molecule has 0 nitrogen and oxygen atoms in total. The predicted molar refractivity (Wildman–Crippen MR) is 206 cm³/mol. The number of benzene rings is 4. The Labute approximate surface area is 299 Å². The third kappa shape index (κ3) is 10.4. The fourth-order valence-corrected chi connectivity index (χ4v) is 5.47. The number of aryl methyl sites for hydroxylation is 1. The van der Waals surface area contributed by atoms with E-state index in [0.717, 1.165) is 15.9 Å². The SMILES string of the molecule is CC(C)(C)c1ccc(-c2cccc3[cH-]ccc23)cc1.CCc1cc2c(-c3ccc(C(C)(C)C)cc3)cccc2[cH-]1.C[Si]C.[Cl][Zr+2][Cl]. The van der Waals surface area contributed by atoms with E-state index in [1.54, 1.807) is 0 Å². The molecule has 0 aliphatic rings. The molecule has 238 valence electrons. The van der Waals surface area contributed by atoms with Crippen molar-refractivity contribution in [3.8, 4) is 22.3 Å². The van der Waals surface area contributed by atoms with E-state index in [1.165, 1.54) is 60.5 Å². The number of hydrogen-bond acceptors (Lipinski definition) is 0. The summed E-state index contributed by atoms with van der Waals surface area (Å²) in [5.41, 5.74) is 9.87. The first-order valence-electron chi connectivity index (χ1n) is 16.0. The monoisotopic (exact) mass is 740 g/mol. The summed E-state index contributed by atoms with van der Waals surface area (Å²) in [6.45, 7) is 20.0. The minimum atomic E-state index is -0.826. The van der Waals surface area contributed by atoms with Crippen molar-refractivity contribution in [2.24, 2.45) is 0 Å². The molecule has 0 bridgehead atoms. The van der Waals surface area contributed by atoms with E-state index in [-0.39, 0.29) is 10.8 Å². The zero-order chi connectivity index (χ0) is 33.9. The minimum absolute atomic E-state index is 0.209. The molecule has 6 aromatic carbocycles. The molecule has 0 N–H and O–H groups in total. The zero-order valence-corrected chi connectivity index (χ0v) is 33.9. The van der Waals surface area contributed by atoms with Gasteiger partial charge in [0, 0.05) is 9.52 Å². The summed E-state index contributed by atoms with van der Waals surface area (Å²) in [6.07, 6.45) is 1.09. The molecule has 0 amide bonds. The van der Waals surface area contributed by atoms with E-state index in [2.05, 4.69) is 177 Å². The summed E-state index contributed by atoms with van der Waals surface area (Å²) in [7, 11) is 11.0. The molecule has 0 saturated carbocycles. The van der Waals surface area contributed by atoms with Gasteiger partial charge >= 0.3 is 37.9 Å². The van der Waals surface area contributed by atoms with Crippen molar-refractivity contribution in [3.05, 3.63) is 132 Å². The molecule has 0 fully saturated rings. The van der Waals surface area contributed by atoms with Gasteiger partial charge in [0.1, 0.15) is 0 Å². The Morgan fingerprint density at radius 3 is 1.50 bits per heavy atom. The van der Waals surface area contributed by atoms with Crippen LogP contribution in [0.5, 0.6) is 0 Å². The van der Waals surface area contributed by atoms with Crippen LogP contribution in [0.15, 0.2) is 115 Å². The van der Waals surface area contributed by atoms with E-state index in [1.807, 2.05) is 0 Å². The summed E-state index contributed by atoms with van der Waals surface area (Å²) in [5, 5.41) is 5.38. The molecule has 0 saturated heterocycles. The van der Waals surface area contributed by atoms with Crippen molar-refractivity contribution >= 4 is 48.1 Å². The molecule has 6 rings (SSSR count). The zero-order valence-electron chi connectivity index (χ0n) is 28.9. The van der Waals surface area contributed by atoms with E-state index >= 15 is 0 Å². The second-order valence-electron chi connectivity index (χ2n) is 13.6. The molecular formula is C42H48Cl2SiZr. The molecule has 0 spiro atoms. The van der Waals surface area contributed by atoms with Gasteiger partial charge < -0.3 is 0 Å². The van der Waals surface area contributed by atoms with Crippen LogP contribution in [0.25, 0.3) is 43.8 Å². The van der Waals surface area contributed by atoms with Crippen molar-refractivity contribution in [1.82, 2.24) is 0 Å². The van der Waals surface area contributed by atoms with Crippen LogP contribution in [-0.4, -0.2) is 9.52 Å². The maximum atomic E-state index is 4.93. The molecule has 0 aliphatic carbocycles. The van der Waals surface area contributed by atoms with E-state index < -0.39 is 20.8 Å². The van der Waals surface area contributed by atoms with Crippen molar-refractivity contribution < 1.29 is 20.8 Å². The summed E-state index contributed by atoms with van der Waals surface area (Å²) in [6, 6.07) is 42.2. The van der Waals surface area contributed by atoms with Crippen molar-refractivity contribution in [1.29, 1.82) is 0 Å². The first-order valence-corrected chi connectivity index (χ1v) is 24.3. The van der Waals surface area contributed by atoms with Gasteiger partial charge in [0.15, 0.2) is 0 Å². The number of hydrogen-bond donors (Lipinski definition) is 0. The summed E-state index contributed by atoms with van der Waals surface area (Å²) in [4.78, 5) is 0. The fraction of sp³-hybridized carbons (Fsp3) is 0.286. The van der Waals surface area contributed by atoms with Crippen molar-refractivity contribution in [2.75, 3.05) is 0 Å². The van der Waals surface area contributed by atoms with E-state index in [4.69, 9.17) is 17.0 Å². The number of rotatable bonds is 3. The first kappa shape index (κ1) is 38.2. The van der Waals surface area contributed by atoms with Crippen LogP contribution in [0.4, 0.5) is 0 Å². The van der Waals surface area contributed by atoms with Gasteiger partial charge in [-0.1, -0.05) is 133 Å². The van der Waals surface area contributed by atoms with Gasteiger partial charge in [-0.25, -0.2) is 0 Å². The van der Waals surface area contributed by atoms with Crippen molar-refractivity contribution in [2.45, 2.75) is 78.8 Å². The Morgan fingerprint density at radius 2 is 1.07 bits per heavy atom. The Hall–Kier alpha value is -2.22. The molecule has 0 unspecified atom stereocenters.